The van der Waals surface area contributed by atoms with Crippen molar-refractivity contribution in [3.8, 4) is 0 Å². The lowest BCUT2D eigenvalue weighted by molar-refractivity contribution is -0.145. The maximum absolute atomic E-state index is 13.6. The lowest BCUT2D eigenvalue weighted by Gasteiger charge is -2.35. The van der Waals surface area contributed by atoms with E-state index in [1.165, 1.54) is 6.07 Å². The van der Waals surface area contributed by atoms with Crippen molar-refractivity contribution < 1.29 is 13.9 Å². The van der Waals surface area contributed by atoms with E-state index in [0.717, 1.165) is 48.9 Å². The molecule has 1 aliphatic heterocycles. The minimum atomic E-state index is -0.241. The van der Waals surface area contributed by atoms with E-state index in [9.17, 15) is 9.18 Å². The van der Waals surface area contributed by atoms with Gasteiger partial charge in [0.1, 0.15) is 5.82 Å². The number of hydrogen-bond acceptors (Lipinski definition) is 4. The molecule has 2 heterocycles. The van der Waals surface area contributed by atoms with Gasteiger partial charge in [0, 0.05) is 30.4 Å². The number of halogens is 1. The fourth-order valence-electron chi connectivity index (χ4n) is 4.05. The van der Waals surface area contributed by atoms with E-state index in [4.69, 9.17) is 4.74 Å². The molecule has 0 radical (unpaired) electrons. The first-order valence-electron chi connectivity index (χ1n) is 8.59. The Morgan fingerprint density at radius 3 is 2.92 bits per heavy atom. The number of esters is 1. The van der Waals surface area contributed by atoms with Gasteiger partial charge in [0.2, 0.25) is 0 Å². The SMILES string of the molecule is CCOC(=O)C1CC12CCN(c1ccnc3ccc(F)cc13)CC2. The second-order valence-corrected chi connectivity index (χ2v) is 6.85. The molecule has 1 spiro atoms. The monoisotopic (exact) mass is 328 g/mol. The first-order chi connectivity index (χ1) is 11.6. The average molecular weight is 328 g/mol. The van der Waals surface area contributed by atoms with Crippen molar-refractivity contribution in [3.63, 3.8) is 0 Å². The highest BCUT2D eigenvalue weighted by molar-refractivity contribution is 5.91. The molecule has 1 saturated carbocycles. The van der Waals surface area contributed by atoms with E-state index in [2.05, 4.69) is 9.88 Å². The van der Waals surface area contributed by atoms with Crippen LogP contribution in [-0.4, -0.2) is 30.6 Å². The van der Waals surface area contributed by atoms with Crippen LogP contribution in [0.25, 0.3) is 10.9 Å². The third kappa shape index (κ3) is 2.52. The van der Waals surface area contributed by atoms with Gasteiger partial charge in [0.05, 0.1) is 18.0 Å². The number of fused-ring (bicyclic) bond motifs is 1. The molecule has 1 atom stereocenters. The standard InChI is InChI=1S/C19H21FN2O2/c1-2-24-18(23)15-12-19(15)6-9-22(10-7-19)17-5-8-21-16-4-3-13(20)11-14(16)17/h3-5,8,11,15H,2,6-7,9-10,12H2,1H3. The van der Waals surface area contributed by atoms with Gasteiger partial charge in [-0.25, -0.2) is 4.39 Å². The zero-order valence-corrected chi connectivity index (χ0v) is 13.8. The number of hydrogen-bond donors (Lipinski definition) is 0. The summed E-state index contributed by atoms with van der Waals surface area (Å²) in [5.41, 5.74) is 1.98. The molecule has 4 rings (SSSR count). The van der Waals surface area contributed by atoms with Crippen LogP contribution < -0.4 is 4.90 Å². The van der Waals surface area contributed by atoms with Gasteiger partial charge in [-0.3, -0.25) is 9.78 Å². The van der Waals surface area contributed by atoms with E-state index in [0.29, 0.717) is 6.61 Å². The molecule has 2 aromatic rings. The molecule has 1 saturated heterocycles. The minimum absolute atomic E-state index is 0.0395. The van der Waals surface area contributed by atoms with Crippen LogP contribution in [0.5, 0.6) is 0 Å². The summed E-state index contributed by atoms with van der Waals surface area (Å²) in [6.07, 6.45) is 4.69. The van der Waals surface area contributed by atoms with Crippen molar-refractivity contribution in [2.45, 2.75) is 26.2 Å². The Labute approximate surface area is 140 Å². The number of benzene rings is 1. The Bertz CT molecular complexity index is 784. The third-order valence-corrected chi connectivity index (χ3v) is 5.54. The lowest BCUT2D eigenvalue weighted by Crippen LogP contribution is -2.36. The maximum Gasteiger partial charge on any atom is 0.309 e. The first-order valence-corrected chi connectivity index (χ1v) is 8.59. The molecule has 2 aliphatic rings. The largest absolute Gasteiger partial charge is 0.466 e. The zero-order chi connectivity index (χ0) is 16.7. The van der Waals surface area contributed by atoms with Gasteiger partial charge in [-0.2, -0.15) is 0 Å². The molecule has 24 heavy (non-hydrogen) atoms. The Hall–Kier alpha value is -2.17. The van der Waals surface area contributed by atoms with Gasteiger partial charge < -0.3 is 9.64 Å². The van der Waals surface area contributed by atoms with Gasteiger partial charge in [0.25, 0.3) is 0 Å². The number of piperidine rings is 1. The second-order valence-electron chi connectivity index (χ2n) is 6.85. The number of nitrogens with zero attached hydrogens (tertiary/aromatic N) is 2. The summed E-state index contributed by atoms with van der Waals surface area (Å²) in [5, 5.41) is 0.853. The average Bonchev–Trinajstić information content (AvgIpc) is 3.29. The molecular formula is C19H21FN2O2. The normalized spacial score (nSPS) is 21.9. The molecule has 4 nitrogen and oxygen atoms in total. The van der Waals surface area contributed by atoms with Crippen molar-refractivity contribution in [1.82, 2.24) is 4.98 Å². The van der Waals surface area contributed by atoms with Gasteiger partial charge in [-0.05, 0) is 55.9 Å². The Morgan fingerprint density at radius 1 is 1.38 bits per heavy atom. The lowest BCUT2D eigenvalue weighted by atomic mass is 9.90. The van der Waals surface area contributed by atoms with Gasteiger partial charge in [-0.15, -0.1) is 0 Å². The summed E-state index contributed by atoms with van der Waals surface area (Å²) in [7, 11) is 0. The zero-order valence-electron chi connectivity index (χ0n) is 13.8. The molecule has 1 aromatic heterocycles. The first kappa shape index (κ1) is 15.4. The van der Waals surface area contributed by atoms with Crippen LogP contribution in [0.15, 0.2) is 30.5 Å². The van der Waals surface area contributed by atoms with Gasteiger partial charge >= 0.3 is 5.97 Å². The van der Waals surface area contributed by atoms with Crippen molar-refractivity contribution in [3.05, 3.63) is 36.3 Å². The topological polar surface area (TPSA) is 42.4 Å². The van der Waals surface area contributed by atoms with E-state index in [-0.39, 0.29) is 23.1 Å². The number of pyridine rings is 1. The van der Waals surface area contributed by atoms with Crippen LogP contribution in [0.3, 0.4) is 0 Å². The minimum Gasteiger partial charge on any atom is -0.466 e. The van der Waals surface area contributed by atoms with Crippen LogP contribution in [0.4, 0.5) is 10.1 Å². The molecule has 1 aliphatic carbocycles. The quantitative estimate of drug-likeness (QED) is 0.808. The molecule has 0 bridgehead atoms. The molecule has 0 amide bonds. The van der Waals surface area contributed by atoms with Crippen LogP contribution in [0.2, 0.25) is 0 Å². The fourth-order valence-corrected chi connectivity index (χ4v) is 4.05. The Kier molecular flexibility index (Phi) is 3.66. The molecule has 126 valence electrons. The summed E-state index contributed by atoms with van der Waals surface area (Å²) in [4.78, 5) is 18.6. The smallest absolute Gasteiger partial charge is 0.309 e. The van der Waals surface area contributed by atoms with Crippen molar-refractivity contribution >= 4 is 22.6 Å². The van der Waals surface area contributed by atoms with E-state index < -0.39 is 0 Å². The Morgan fingerprint density at radius 2 is 2.17 bits per heavy atom. The second kappa shape index (κ2) is 5.72. The summed E-state index contributed by atoms with van der Waals surface area (Å²) < 4.78 is 18.8. The molecule has 1 unspecified atom stereocenters. The number of carbonyl (C=O) groups is 1. The summed E-state index contributed by atoms with van der Waals surface area (Å²) in [6.45, 7) is 4.06. The summed E-state index contributed by atoms with van der Waals surface area (Å²) >= 11 is 0. The molecule has 5 heteroatoms. The molecule has 0 N–H and O–H groups in total. The van der Waals surface area contributed by atoms with Crippen LogP contribution in [0, 0.1) is 17.2 Å². The number of carbonyl (C=O) groups excluding carboxylic acids is 1. The Balaban J connectivity index is 1.51. The van der Waals surface area contributed by atoms with Crippen molar-refractivity contribution in [2.24, 2.45) is 11.3 Å². The maximum atomic E-state index is 13.6. The highest BCUT2D eigenvalue weighted by Gasteiger charge is 2.59. The van der Waals surface area contributed by atoms with Crippen molar-refractivity contribution in [1.29, 1.82) is 0 Å². The highest BCUT2D eigenvalue weighted by Crippen LogP contribution is 2.60. The number of rotatable bonds is 3. The molecule has 1 aromatic carbocycles. The van der Waals surface area contributed by atoms with Gasteiger partial charge in [-0.1, -0.05) is 0 Å². The summed E-state index contributed by atoms with van der Waals surface area (Å²) in [5.74, 6) is -0.205. The highest BCUT2D eigenvalue weighted by atomic mass is 19.1. The third-order valence-electron chi connectivity index (χ3n) is 5.54. The fraction of sp³-hybridized carbons (Fsp3) is 0.474. The predicted molar refractivity (Wildman–Crippen MR) is 90.3 cm³/mol. The van der Waals surface area contributed by atoms with Crippen molar-refractivity contribution in [2.75, 3.05) is 24.6 Å². The number of ether oxygens (including phenoxy) is 1. The van der Waals surface area contributed by atoms with Crippen LogP contribution in [-0.2, 0) is 9.53 Å². The molecule has 2 fully saturated rings. The van der Waals surface area contributed by atoms with Crippen LogP contribution in [0.1, 0.15) is 26.2 Å². The number of aromatic nitrogens is 1. The van der Waals surface area contributed by atoms with Crippen LogP contribution >= 0.6 is 0 Å². The summed E-state index contributed by atoms with van der Waals surface area (Å²) in [6, 6.07) is 6.67. The van der Waals surface area contributed by atoms with Gasteiger partial charge in [0.15, 0.2) is 0 Å². The molecular weight excluding hydrogens is 307 g/mol. The van der Waals surface area contributed by atoms with E-state index >= 15 is 0 Å². The number of anilines is 1. The van der Waals surface area contributed by atoms with E-state index in [1.54, 1.807) is 18.3 Å². The predicted octanol–water partition coefficient (Wildman–Crippen LogP) is 3.54. The van der Waals surface area contributed by atoms with E-state index in [1.807, 2.05) is 13.0 Å².